The van der Waals surface area contributed by atoms with Crippen LogP contribution in [0, 0.1) is 0 Å². The number of pyridine rings is 1. The molecule has 6 nitrogen and oxygen atoms in total. The lowest BCUT2D eigenvalue weighted by Gasteiger charge is -2.20. The van der Waals surface area contributed by atoms with Crippen molar-refractivity contribution in [3.63, 3.8) is 0 Å². The first-order valence-corrected chi connectivity index (χ1v) is 6.56. The number of aliphatic hydroxyl groups excluding tert-OH is 1. The van der Waals surface area contributed by atoms with Crippen LogP contribution in [0.1, 0.15) is 6.42 Å². The fraction of sp³-hybridized carbons (Fsp3) is 0.357. The van der Waals surface area contributed by atoms with Gasteiger partial charge in [-0.1, -0.05) is 0 Å². The van der Waals surface area contributed by atoms with E-state index in [2.05, 4.69) is 9.97 Å². The Kier molecular flexibility index (Phi) is 3.23. The van der Waals surface area contributed by atoms with Gasteiger partial charge in [0.25, 0.3) is 5.56 Å². The van der Waals surface area contributed by atoms with Gasteiger partial charge in [0.15, 0.2) is 0 Å². The zero-order valence-corrected chi connectivity index (χ0v) is 11.2. The predicted octanol–water partition coefficient (Wildman–Crippen LogP) is 0.413. The number of anilines is 1. The van der Waals surface area contributed by atoms with Crippen molar-refractivity contribution in [3.05, 3.63) is 40.9 Å². The number of hydrogen-bond acceptors (Lipinski definition) is 5. The fourth-order valence-electron chi connectivity index (χ4n) is 2.40. The van der Waals surface area contributed by atoms with Crippen molar-refractivity contribution < 1.29 is 5.11 Å². The van der Waals surface area contributed by atoms with E-state index >= 15 is 0 Å². The first-order chi connectivity index (χ1) is 9.65. The molecule has 3 rings (SSSR count). The van der Waals surface area contributed by atoms with Gasteiger partial charge in [0, 0.05) is 44.2 Å². The fourth-order valence-corrected chi connectivity index (χ4v) is 2.40. The number of nitrogens with zero attached hydrogens (tertiary/aromatic N) is 4. The number of β-amino-alcohol motifs (C(OH)–C–C–N with tert-alkyl or cyclic N) is 1. The zero-order chi connectivity index (χ0) is 14.1. The molecule has 1 aliphatic heterocycles. The van der Waals surface area contributed by atoms with Gasteiger partial charge in [-0.3, -0.25) is 14.3 Å². The van der Waals surface area contributed by atoms with Gasteiger partial charge >= 0.3 is 0 Å². The molecule has 1 fully saturated rings. The van der Waals surface area contributed by atoms with E-state index in [1.165, 1.54) is 10.6 Å². The van der Waals surface area contributed by atoms with Crippen LogP contribution in [0.2, 0.25) is 0 Å². The Morgan fingerprint density at radius 1 is 1.35 bits per heavy atom. The van der Waals surface area contributed by atoms with Crippen molar-refractivity contribution >= 4 is 5.95 Å². The summed E-state index contributed by atoms with van der Waals surface area (Å²) in [5.41, 5.74) is 1.38. The maximum atomic E-state index is 12.1. The maximum absolute atomic E-state index is 12.1. The summed E-state index contributed by atoms with van der Waals surface area (Å²) in [6, 6.07) is 5.17. The Morgan fingerprint density at radius 2 is 2.10 bits per heavy atom. The summed E-state index contributed by atoms with van der Waals surface area (Å²) in [5.74, 6) is 0.598. The molecule has 0 aliphatic carbocycles. The number of aromatic nitrogens is 3. The molecule has 2 aromatic heterocycles. The molecule has 2 aromatic rings. The van der Waals surface area contributed by atoms with Gasteiger partial charge in [-0.15, -0.1) is 0 Å². The Balaban J connectivity index is 2.06. The van der Waals surface area contributed by atoms with Gasteiger partial charge in [0.2, 0.25) is 5.95 Å². The third-order valence-corrected chi connectivity index (χ3v) is 3.53. The smallest absolute Gasteiger partial charge is 0.255 e. The second kappa shape index (κ2) is 5.05. The summed E-state index contributed by atoms with van der Waals surface area (Å²) in [7, 11) is 1.70. The van der Waals surface area contributed by atoms with Crippen molar-refractivity contribution in [2.24, 2.45) is 7.05 Å². The van der Waals surface area contributed by atoms with Gasteiger partial charge in [0.05, 0.1) is 11.8 Å². The van der Waals surface area contributed by atoms with E-state index in [-0.39, 0.29) is 11.7 Å². The number of hydrogen-bond donors (Lipinski definition) is 1. The van der Waals surface area contributed by atoms with E-state index in [0.29, 0.717) is 31.2 Å². The highest BCUT2D eigenvalue weighted by molar-refractivity contribution is 5.59. The van der Waals surface area contributed by atoms with E-state index in [4.69, 9.17) is 0 Å². The highest BCUT2D eigenvalue weighted by atomic mass is 16.3. The Bertz CT molecular complexity index is 669. The van der Waals surface area contributed by atoms with Crippen LogP contribution in [-0.2, 0) is 7.05 Å². The molecule has 6 heteroatoms. The summed E-state index contributed by atoms with van der Waals surface area (Å²) in [4.78, 5) is 22.6. The van der Waals surface area contributed by atoms with Crippen LogP contribution in [-0.4, -0.2) is 38.8 Å². The molecule has 0 saturated carbocycles. The van der Waals surface area contributed by atoms with Crippen LogP contribution in [0.5, 0.6) is 0 Å². The van der Waals surface area contributed by atoms with E-state index in [1.54, 1.807) is 19.4 Å². The van der Waals surface area contributed by atoms with E-state index in [0.717, 1.165) is 5.56 Å². The molecule has 0 unspecified atom stereocenters. The van der Waals surface area contributed by atoms with Gasteiger partial charge in [-0.2, -0.15) is 0 Å². The highest BCUT2D eigenvalue weighted by Crippen LogP contribution is 2.20. The van der Waals surface area contributed by atoms with Crippen molar-refractivity contribution in [2.45, 2.75) is 12.5 Å². The van der Waals surface area contributed by atoms with Crippen molar-refractivity contribution in [3.8, 4) is 11.3 Å². The molecule has 0 spiro atoms. The van der Waals surface area contributed by atoms with Crippen molar-refractivity contribution in [1.82, 2.24) is 14.5 Å². The van der Waals surface area contributed by atoms with Gasteiger partial charge in [-0.25, -0.2) is 4.98 Å². The van der Waals surface area contributed by atoms with Gasteiger partial charge in [-0.05, 0) is 18.6 Å². The van der Waals surface area contributed by atoms with Crippen LogP contribution in [0.25, 0.3) is 11.3 Å². The molecule has 104 valence electrons. The Morgan fingerprint density at radius 3 is 2.75 bits per heavy atom. The van der Waals surface area contributed by atoms with Crippen molar-refractivity contribution in [2.75, 3.05) is 18.0 Å². The SMILES string of the molecule is Cn1c(N2CC[C@@H](O)C2)nc(-c2ccncc2)cc1=O. The third kappa shape index (κ3) is 2.30. The minimum atomic E-state index is -0.350. The molecular formula is C14H16N4O2. The topological polar surface area (TPSA) is 71.2 Å². The lowest BCUT2D eigenvalue weighted by molar-refractivity contribution is 0.198. The van der Waals surface area contributed by atoms with E-state index in [9.17, 15) is 9.90 Å². The molecule has 1 N–H and O–H groups in total. The van der Waals surface area contributed by atoms with Crippen LogP contribution < -0.4 is 10.5 Å². The molecule has 0 aromatic carbocycles. The lowest BCUT2D eigenvalue weighted by atomic mass is 10.2. The second-order valence-corrected chi connectivity index (χ2v) is 4.96. The highest BCUT2D eigenvalue weighted by Gasteiger charge is 2.23. The van der Waals surface area contributed by atoms with Crippen LogP contribution in [0.3, 0.4) is 0 Å². The lowest BCUT2D eigenvalue weighted by Crippen LogP contribution is -2.30. The molecular weight excluding hydrogens is 256 g/mol. The predicted molar refractivity (Wildman–Crippen MR) is 75.5 cm³/mol. The van der Waals surface area contributed by atoms with Gasteiger partial charge < -0.3 is 10.0 Å². The third-order valence-electron chi connectivity index (χ3n) is 3.53. The first kappa shape index (κ1) is 12.8. The Labute approximate surface area is 116 Å². The summed E-state index contributed by atoms with van der Waals surface area (Å²) < 4.78 is 1.52. The van der Waals surface area contributed by atoms with Crippen LogP contribution in [0.4, 0.5) is 5.95 Å². The molecule has 1 atom stereocenters. The number of aliphatic hydroxyl groups is 1. The largest absolute Gasteiger partial charge is 0.391 e. The first-order valence-electron chi connectivity index (χ1n) is 6.56. The average molecular weight is 272 g/mol. The van der Waals surface area contributed by atoms with E-state index < -0.39 is 0 Å². The summed E-state index contributed by atoms with van der Waals surface area (Å²) in [6.45, 7) is 1.22. The molecule has 1 saturated heterocycles. The average Bonchev–Trinajstić information content (AvgIpc) is 2.89. The maximum Gasteiger partial charge on any atom is 0.255 e. The molecule has 0 radical (unpaired) electrons. The molecule has 1 aliphatic rings. The normalized spacial score (nSPS) is 18.5. The van der Waals surface area contributed by atoms with E-state index in [1.807, 2.05) is 17.0 Å². The monoisotopic (exact) mass is 272 g/mol. The summed E-state index contributed by atoms with van der Waals surface area (Å²) in [5, 5.41) is 9.64. The summed E-state index contributed by atoms with van der Waals surface area (Å²) in [6.07, 6.45) is 3.70. The minimum Gasteiger partial charge on any atom is -0.391 e. The van der Waals surface area contributed by atoms with Crippen LogP contribution in [0.15, 0.2) is 35.4 Å². The Hall–Kier alpha value is -2.21. The van der Waals surface area contributed by atoms with Gasteiger partial charge in [0.1, 0.15) is 0 Å². The molecule has 20 heavy (non-hydrogen) atoms. The van der Waals surface area contributed by atoms with Crippen LogP contribution >= 0.6 is 0 Å². The molecule has 0 bridgehead atoms. The quantitative estimate of drug-likeness (QED) is 0.857. The van der Waals surface area contributed by atoms with Crippen molar-refractivity contribution in [1.29, 1.82) is 0 Å². The molecule has 0 amide bonds. The number of rotatable bonds is 2. The standard InChI is InChI=1S/C14H16N4O2/c1-17-13(20)8-12(10-2-5-15-6-3-10)16-14(17)18-7-4-11(19)9-18/h2-3,5-6,8,11,19H,4,7,9H2,1H3/t11-/m1/s1. The summed E-state index contributed by atoms with van der Waals surface area (Å²) >= 11 is 0. The second-order valence-electron chi connectivity index (χ2n) is 4.96. The zero-order valence-electron chi connectivity index (χ0n) is 11.2. The molecule has 3 heterocycles. The minimum absolute atomic E-state index is 0.108.